The van der Waals surface area contributed by atoms with Crippen LogP contribution in [0.25, 0.3) is 0 Å². The number of ether oxygens (including phenoxy) is 2. The summed E-state index contributed by atoms with van der Waals surface area (Å²) in [6, 6.07) is 0. The fourth-order valence-corrected chi connectivity index (χ4v) is 8.86. The number of rotatable bonds is 58. The SMILES string of the molecule is CC/C=C\C/C=C\C/C=C\C/C=C\C/C=C\C/C=C\C/C=C\CCCCCC(=O)OC(CO)COC(=O)CCCCCCCCCCCCCCCCCCCCCCCCC/C=C\C/C=C\C/C=C\C/C=C\C/C=C\CC. The highest BCUT2D eigenvalue weighted by molar-refractivity contribution is 5.70. The van der Waals surface area contributed by atoms with E-state index < -0.39 is 6.10 Å². The highest BCUT2D eigenvalue weighted by atomic mass is 16.6. The van der Waals surface area contributed by atoms with Gasteiger partial charge in [-0.15, -0.1) is 0 Å². The molecule has 0 aliphatic heterocycles. The van der Waals surface area contributed by atoms with Crippen LogP contribution in [0, 0.1) is 0 Å². The Labute approximate surface area is 482 Å². The molecule has 0 fully saturated rings. The van der Waals surface area contributed by atoms with E-state index in [1.807, 2.05) is 0 Å². The van der Waals surface area contributed by atoms with Gasteiger partial charge in [0.2, 0.25) is 0 Å². The second-order valence-corrected chi connectivity index (χ2v) is 21.1. The van der Waals surface area contributed by atoms with Crippen LogP contribution in [0.5, 0.6) is 0 Å². The third-order valence-corrected chi connectivity index (χ3v) is 13.6. The zero-order valence-corrected chi connectivity index (χ0v) is 50.6. The first-order valence-electron chi connectivity index (χ1n) is 32.4. The molecule has 0 rings (SSSR count). The Kier molecular flexibility index (Phi) is 63.4. The van der Waals surface area contributed by atoms with Crippen molar-refractivity contribution >= 4 is 11.9 Å². The van der Waals surface area contributed by atoms with Crippen LogP contribution in [0.4, 0.5) is 0 Å². The van der Waals surface area contributed by atoms with Crippen molar-refractivity contribution in [3.63, 3.8) is 0 Å². The summed E-state index contributed by atoms with van der Waals surface area (Å²) in [5.41, 5.74) is 0. The van der Waals surface area contributed by atoms with Crippen LogP contribution < -0.4 is 0 Å². The zero-order chi connectivity index (χ0) is 56.2. The molecule has 5 nitrogen and oxygen atoms in total. The minimum atomic E-state index is -0.799. The van der Waals surface area contributed by atoms with Crippen LogP contribution >= 0.6 is 0 Å². The lowest BCUT2D eigenvalue weighted by Gasteiger charge is -2.15. The topological polar surface area (TPSA) is 72.8 Å². The summed E-state index contributed by atoms with van der Waals surface area (Å²) in [5.74, 6) is -0.628. The van der Waals surface area contributed by atoms with Crippen LogP contribution in [0.3, 0.4) is 0 Å². The smallest absolute Gasteiger partial charge is 0.306 e. The van der Waals surface area contributed by atoms with Gasteiger partial charge < -0.3 is 14.6 Å². The van der Waals surface area contributed by atoms with Crippen molar-refractivity contribution in [2.24, 2.45) is 0 Å². The Morgan fingerprint density at radius 1 is 0.295 bits per heavy atom. The van der Waals surface area contributed by atoms with Crippen LogP contribution in [0.1, 0.15) is 284 Å². The minimum absolute atomic E-state index is 0.0851. The number of unbranched alkanes of at least 4 members (excludes halogenated alkanes) is 26. The summed E-state index contributed by atoms with van der Waals surface area (Å²) in [4.78, 5) is 24.6. The molecule has 1 unspecified atom stereocenters. The lowest BCUT2D eigenvalue weighted by Crippen LogP contribution is -2.28. The summed E-state index contributed by atoms with van der Waals surface area (Å²) in [6.07, 6.45) is 101. The van der Waals surface area contributed by atoms with E-state index in [1.54, 1.807) is 0 Å². The molecule has 1 atom stereocenters. The zero-order valence-electron chi connectivity index (χ0n) is 50.6. The first kappa shape index (κ1) is 73.8. The molecule has 0 aliphatic carbocycles. The van der Waals surface area contributed by atoms with Crippen molar-refractivity contribution in [1.29, 1.82) is 0 Å². The van der Waals surface area contributed by atoms with Gasteiger partial charge in [0, 0.05) is 12.8 Å². The second-order valence-electron chi connectivity index (χ2n) is 21.1. The lowest BCUT2D eigenvalue weighted by atomic mass is 10.0. The predicted molar refractivity (Wildman–Crippen MR) is 343 cm³/mol. The van der Waals surface area contributed by atoms with E-state index >= 15 is 0 Å². The van der Waals surface area contributed by atoms with Gasteiger partial charge >= 0.3 is 11.9 Å². The maximum atomic E-state index is 12.3. The van der Waals surface area contributed by atoms with Gasteiger partial charge in [0.1, 0.15) is 6.61 Å². The summed E-state index contributed by atoms with van der Waals surface area (Å²) < 4.78 is 10.7. The number of carbonyl (C=O) groups excluding carboxylic acids is 2. The Bertz CT molecular complexity index is 1650. The number of carbonyl (C=O) groups is 2. The summed E-state index contributed by atoms with van der Waals surface area (Å²) in [5, 5.41) is 9.67. The van der Waals surface area contributed by atoms with Gasteiger partial charge in [0.05, 0.1) is 6.61 Å². The van der Waals surface area contributed by atoms with E-state index in [-0.39, 0.29) is 25.2 Å². The van der Waals surface area contributed by atoms with Gasteiger partial charge in [-0.2, -0.15) is 0 Å². The first-order chi connectivity index (χ1) is 38.6. The van der Waals surface area contributed by atoms with E-state index in [4.69, 9.17) is 9.47 Å². The molecule has 1 N–H and O–H groups in total. The number of hydrogen-bond acceptors (Lipinski definition) is 5. The van der Waals surface area contributed by atoms with Crippen molar-refractivity contribution in [2.75, 3.05) is 13.2 Å². The highest BCUT2D eigenvalue weighted by Gasteiger charge is 2.16. The number of esters is 2. The summed E-state index contributed by atoms with van der Waals surface area (Å²) in [7, 11) is 0. The molecule has 78 heavy (non-hydrogen) atoms. The number of aliphatic hydroxyl groups excluding tert-OH is 1. The van der Waals surface area contributed by atoms with E-state index in [9.17, 15) is 14.7 Å². The Balaban J connectivity index is 3.50. The Morgan fingerprint density at radius 2 is 0.513 bits per heavy atom. The molecule has 442 valence electrons. The van der Waals surface area contributed by atoms with Crippen LogP contribution in [-0.4, -0.2) is 36.4 Å². The third-order valence-electron chi connectivity index (χ3n) is 13.6. The van der Waals surface area contributed by atoms with Crippen molar-refractivity contribution in [2.45, 2.75) is 290 Å². The first-order valence-corrected chi connectivity index (χ1v) is 32.4. The monoisotopic (exact) mass is 1080 g/mol. The van der Waals surface area contributed by atoms with Gasteiger partial charge in [-0.05, 0) is 116 Å². The molecule has 0 aromatic heterocycles. The van der Waals surface area contributed by atoms with Gasteiger partial charge in [-0.1, -0.05) is 301 Å². The molecule has 0 radical (unpaired) electrons. The quantitative estimate of drug-likeness (QED) is 0.0373. The fourth-order valence-electron chi connectivity index (χ4n) is 8.86. The highest BCUT2D eigenvalue weighted by Crippen LogP contribution is 2.17. The lowest BCUT2D eigenvalue weighted by molar-refractivity contribution is -0.161. The molecule has 0 spiro atoms. The Hall–Kier alpha value is -4.22. The molecule has 5 heteroatoms. The fraction of sp³-hybridized carbons (Fsp3) is 0.644. The molecule has 0 saturated heterocycles. The molecule has 0 aromatic carbocycles. The van der Waals surface area contributed by atoms with E-state index in [0.717, 1.165) is 122 Å². The molecule has 0 bridgehead atoms. The van der Waals surface area contributed by atoms with E-state index in [2.05, 4.69) is 160 Å². The molecular weight excluding hydrogens is 957 g/mol. The molecule has 0 saturated carbocycles. The normalized spacial score (nSPS) is 13.2. The molecule has 0 amide bonds. The van der Waals surface area contributed by atoms with E-state index in [0.29, 0.717) is 12.8 Å². The van der Waals surface area contributed by atoms with E-state index in [1.165, 1.54) is 135 Å². The predicted octanol–water partition coefficient (Wildman–Crippen LogP) is 22.5. The third kappa shape index (κ3) is 64.3. The van der Waals surface area contributed by atoms with Crippen LogP contribution in [0.2, 0.25) is 0 Å². The summed E-state index contributed by atoms with van der Waals surface area (Å²) >= 11 is 0. The standard InChI is InChI=1S/C73H120O5/c1-3-5-7-9-11-13-15-17-19-21-23-25-27-29-30-31-32-33-34-35-36-37-38-39-40-41-42-44-45-47-49-51-53-55-57-59-61-63-65-67-72(75)77-70-71(69-74)78-73(76)68-66-64-62-60-58-56-54-52-50-48-46-43-28-26-24-22-20-18-16-14-12-10-8-6-4-2/h5-8,11-14,17-20,23-26,29-30,43,46,50,52,56,58,71,74H,3-4,9-10,15-16,21-22,27-28,31-42,44-45,47-49,51,53-55,57,59-70H2,1-2H3/b7-5-,8-6-,13-11-,14-12-,19-17-,20-18-,25-23-,26-24-,30-29-,46-43-,52-50-,58-56-. The molecule has 0 heterocycles. The van der Waals surface area contributed by atoms with Crippen molar-refractivity contribution < 1.29 is 24.2 Å². The van der Waals surface area contributed by atoms with Crippen LogP contribution in [-0.2, 0) is 19.1 Å². The van der Waals surface area contributed by atoms with Gasteiger partial charge in [0.15, 0.2) is 6.10 Å². The number of allylic oxidation sites excluding steroid dienone is 24. The second kappa shape index (κ2) is 67.1. The number of hydrogen-bond donors (Lipinski definition) is 1. The average Bonchev–Trinajstić information content (AvgIpc) is 3.44. The van der Waals surface area contributed by atoms with Crippen molar-refractivity contribution in [3.05, 3.63) is 146 Å². The van der Waals surface area contributed by atoms with Gasteiger partial charge in [-0.3, -0.25) is 9.59 Å². The van der Waals surface area contributed by atoms with Gasteiger partial charge in [0.25, 0.3) is 0 Å². The molecular formula is C73H120O5. The summed E-state index contributed by atoms with van der Waals surface area (Å²) in [6.45, 7) is 3.90. The maximum Gasteiger partial charge on any atom is 0.306 e. The molecule has 0 aliphatic rings. The van der Waals surface area contributed by atoms with Crippen molar-refractivity contribution in [1.82, 2.24) is 0 Å². The van der Waals surface area contributed by atoms with Crippen LogP contribution in [0.15, 0.2) is 146 Å². The maximum absolute atomic E-state index is 12.3. The number of aliphatic hydroxyl groups is 1. The van der Waals surface area contributed by atoms with Crippen molar-refractivity contribution in [3.8, 4) is 0 Å². The molecule has 0 aromatic rings. The van der Waals surface area contributed by atoms with Gasteiger partial charge in [-0.25, -0.2) is 0 Å². The Morgan fingerprint density at radius 3 is 0.782 bits per heavy atom. The largest absolute Gasteiger partial charge is 0.462 e. The minimum Gasteiger partial charge on any atom is -0.462 e. The average molecular weight is 1080 g/mol.